The zero-order valence-corrected chi connectivity index (χ0v) is 13.2. The molecule has 23 heavy (non-hydrogen) atoms. The van der Waals surface area contributed by atoms with E-state index in [1.165, 1.54) is 6.07 Å². The minimum atomic E-state index is -1.29. The number of carboxylic acid groups (broad SMARTS) is 1. The van der Waals surface area contributed by atoms with Crippen LogP contribution in [0.3, 0.4) is 0 Å². The lowest BCUT2D eigenvalue weighted by Crippen LogP contribution is -2.32. The minimum Gasteiger partial charge on any atom is -0.478 e. The second-order valence-electron chi connectivity index (χ2n) is 6.64. The summed E-state index contributed by atoms with van der Waals surface area (Å²) in [5, 5.41) is 20.0. The SMILES string of the molecule is CC1(C)CCCN(C(=O)c2cc(C(=O)O)cc([N+](=O)[O-])c2)CC1. The van der Waals surface area contributed by atoms with Gasteiger partial charge < -0.3 is 10.0 Å². The summed E-state index contributed by atoms with van der Waals surface area (Å²) in [6, 6.07) is 3.31. The van der Waals surface area contributed by atoms with E-state index in [2.05, 4.69) is 13.8 Å². The van der Waals surface area contributed by atoms with E-state index in [4.69, 9.17) is 5.11 Å². The highest BCUT2D eigenvalue weighted by Gasteiger charge is 2.27. The topological polar surface area (TPSA) is 101 Å². The van der Waals surface area contributed by atoms with Gasteiger partial charge >= 0.3 is 5.97 Å². The zero-order valence-electron chi connectivity index (χ0n) is 13.2. The number of aromatic carboxylic acids is 1. The fourth-order valence-electron chi connectivity index (χ4n) is 2.77. The van der Waals surface area contributed by atoms with E-state index in [1.54, 1.807) is 4.90 Å². The molecule has 2 rings (SSSR count). The van der Waals surface area contributed by atoms with Gasteiger partial charge in [0.1, 0.15) is 0 Å². The number of non-ortho nitro benzene ring substituents is 1. The molecule has 1 aromatic carbocycles. The van der Waals surface area contributed by atoms with E-state index in [9.17, 15) is 19.7 Å². The molecular formula is C16H20N2O5. The highest BCUT2D eigenvalue weighted by Crippen LogP contribution is 2.30. The van der Waals surface area contributed by atoms with Crippen molar-refractivity contribution < 1.29 is 19.6 Å². The number of hydrogen-bond donors (Lipinski definition) is 1. The number of nitro groups is 1. The van der Waals surface area contributed by atoms with E-state index in [-0.39, 0.29) is 28.1 Å². The maximum atomic E-state index is 12.6. The van der Waals surface area contributed by atoms with Gasteiger partial charge in [0, 0.05) is 30.8 Å². The monoisotopic (exact) mass is 320 g/mol. The van der Waals surface area contributed by atoms with Gasteiger partial charge in [-0.2, -0.15) is 0 Å². The number of carbonyl (C=O) groups excluding carboxylic acids is 1. The summed E-state index contributed by atoms with van der Waals surface area (Å²) in [4.78, 5) is 35.7. The number of benzene rings is 1. The van der Waals surface area contributed by atoms with Gasteiger partial charge in [-0.05, 0) is 30.7 Å². The normalized spacial score (nSPS) is 17.4. The average Bonchev–Trinajstić information content (AvgIpc) is 2.66. The standard InChI is InChI=1S/C16H20N2O5/c1-16(2)4-3-6-17(7-5-16)14(19)11-8-12(15(20)21)10-13(9-11)18(22)23/h8-10H,3-7H2,1-2H3,(H,20,21). The quantitative estimate of drug-likeness (QED) is 0.681. The second kappa shape index (κ2) is 6.36. The largest absolute Gasteiger partial charge is 0.478 e. The number of likely N-dealkylation sites (tertiary alicyclic amines) is 1. The Balaban J connectivity index is 2.31. The van der Waals surface area contributed by atoms with E-state index >= 15 is 0 Å². The van der Waals surface area contributed by atoms with E-state index < -0.39 is 10.9 Å². The molecule has 0 spiro atoms. The molecule has 0 saturated carbocycles. The lowest BCUT2D eigenvalue weighted by atomic mass is 9.85. The Bertz CT molecular complexity index is 622. The van der Waals surface area contributed by atoms with Gasteiger partial charge in [-0.3, -0.25) is 14.9 Å². The first-order valence-corrected chi connectivity index (χ1v) is 7.52. The van der Waals surface area contributed by atoms with E-state index in [0.717, 1.165) is 31.4 Å². The number of nitro benzene ring substituents is 1. The summed E-state index contributed by atoms with van der Waals surface area (Å²) >= 11 is 0. The maximum absolute atomic E-state index is 12.6. The third kappa shape index (κ3) is 4.06. The molecule has 0 atom stereocenters. The minimum absolute atomic E-state index is 0.0521. The lowest BCUT2D eigenvalue weighted by molar-refractivity contribution is -0.384. The molecule has 1 fully saturated rings. The van der Waals surface area contributed by atoms with Crippen molar-refractivity contribution in [3.05, 3.63) is 39.4 Å². The first kappa shape index (κ1) is 16.9. The van der Waals surface area contributed by atoms with Crippen molar-refractivity contribution in [3.8, 4) is 0 Å². The van der Waals surface area contributed by atoms with Crippen LogP contribution in [0, 0.1) is 15.5 Å². The molecule has 0 aromatic heterocycles. The van der Waals surface area contributed by atoms with Crippen LogP contribution in [0.4, 0.5) is 5.69 Å². The van der Waals surface area contributed by atoms with Crippen LogP contribution in [0.2, 0.25) is 0 Å². The van der Waals surface area contributed by atoms with Crippen molar-refractivity contribution in [2.75, 3.05) is 13.1 Å². The Labute approximate surface area is 134 Å². The Morgan fingerprint density at radius 2 is 1.83 bits per heavy atom. The van der Waals surface area contributed by atoms with Crippen molar-refractivity contribution >= 4 is 17.6 Å². The summed E-state index contributed by atoms with van der Waals surface area (Å²) in [6.45, 7) is 5.44. The van der Waals surface area contributed by atoms with Gasteiger partial charge in [0.2, 0.25) is 0 Å². The summed E-state index contributed by atoms with van der Waals surface area (Å²) in [5.74, 6) is -1.64. The third-order valence-electron chi connectivity index (χ3n) is 4.25. The summed E-state index contributed by atoms with van der Waals surface area (Å²) in [5.41, 5.74) is -0.429. The number of hydrogen-bond acceptors (Lipinski definition) is 4. The van der Waals surface area contributed by atoms with Gasteiger partial charge in [-0.25, -0.2) is 4.79 Å². The second-order valence-corrected chi connectivity index (χ2v) is 6.64. The van der Waals surface area contributed by atoms with Crippen LogP contribution in [-0.4, -0.2) is 39.9 Å². The van der Waals surface area contributed by atoms with Gasteiger partial charge in [0.25, 0.3) is 11.6 Å². The Morgan fingerprint density at radius 3 is 2.43 bits per heavy atom. The van der Waals surface area contributed by atoms with Crippen molar-refractivity contribution in [3.63, 3.8) is 0 Å². The third-order valence-corrected chi connectivity index (χ3v) is 4.25. The van der Waals surface area contributed by atoms with Crippen LogP contribution in [0.1, 0.15) is 53.8 Å². The van der Waals surface area contributed by atoms with Crippen molar-refractivity contribution in [2.45, 2.75) is 33.1 Å². The number of nitrogens with zero attached hydrogens (tertiary/aromatic N) is 2. The van der Waals surface area contributed by atoms with Gasteiger partial charge in [0.15, 0.2) is 0 Å². The Morgan fingerprint density at radius 1 is 1.17 bits per heavy atom. The molecule has 1 aromatic rings. The average molecular weight is 320 g/mol. The molecule has 0 unspecified atom stereocenters. The number of carboxylic acids is 1. The molecule has 0 radical (unpaired) electrons. The molecule has 0 aliphatic carbocycles. The van der Waals surface area contributed by atoms with Gasteiger partial charge in [0.05, 0.1) is 10.5 Å². The zero-order chi connectivity index (χ0) is 17.2. The molecule has 1 N–H and O–H groups in total. The number of rotatable bonds is 3. The Hall–Kier alpha value is -2.44. The van der Waals surface area contributed by atoms with E-state index in [1.807, 2.05) is 0 Å². The molecule has 1 saturated heterocycles. The van der Waals surface area contributed by atoms with Crippen LogP contribution >= 0.6 is 0 Å². The molecule has 7 nitrogen and oxygen atoms in total. The maximum Gasteiger partial charge on any atom is 0.335 e. The predicted molar refractivity (Wildman–Crippen MR) is 83.6 cm³/mol. The van der Waals surface area contributed by atoms with Crippen LogP contribution in [0.15, 0.2) is 18.2 Å². The van der Waals surface area contributed by atoms with Crippen LogP contribution in [0.25, 0.3) is 0 Å². The van der Waals surface area contributed by atoms with Gasteiger partial charge in [-0.15, -0.1) is 0 Å². The fraction of sp³-hybridized carbons (Fsp3) is 0.500. The number of carbonyl (C=O) groups is 2. The summed E-state index contributed by atoms with van der Waals surface area (Å²) in [7, 11) is 0. The highest BCUT2D eigenvalue weighted by molar-refractivity contribution is 5.98. The fourth-order valence-corrected chi connectivity index (χ4v) is 2.77. The van der Waals surface area contributed by atoms with Gasteiger partial charge in [-0.1, -0.05) is 13.8 Å². The Kier molecular flexibility index (Phi) is 4.68. The first-order valence-electron chi connectivity index (χ1n) is 7.52. The van der Waals surface area contributed by atoms with Crippen LogP contribution in [-0.2, 0) is 0 Å². The van der Waals surface area contributed by atoms with Crippen LogP contribution < -0.4 is 0 Å². The smallest absolute Gasteiger partial charge is 0.335 e. The molecule has 7 heteroatoms. The molecular weight excluding hydrogens is 300 g/mol. The lowest BCUT2D eigenvalue weighted by Gasteiger charge is -2.23. The molecule has 0 bridgehead atoms. The molecule has 1 amide bonds. The summed E-state index contributed by atoms with van der Waals surface area (Å²) < 4.78 is 0. The van der Waals surface area contributed by atoms with Crippen molar-refractivity contribution in [1.82, 2.24) is 4.90 Å². The predicted octanol–water partition coefficient (Wildman–Crippen LogP) is 2.95. The molecule has 1 aliphatic heterocycles. The molecule has 124 valence electrons. The molecule has 1 heterocycles. The first-order chi connectivity index (χ1) is 10.7. The summed E-state index contributed by atoms with van der Waals surface area (Å²) in [6.07, 6.45) is 2.71. The number of amides is 1. The van der Waals surface area contributed by atoms with E-state index in [0.29, 0.717) is 13.1 Å². The highest BCUT2D eigenvalue weighted by atomic mass is 16.6. The van der Waals surface area contributed by atoms with Crippen molar-refractivity contribution in [2.24, 2.45) is 5.41 Å². The van der Waals surface area contributed by atoms with Crippen molar-refractivity contribution in [1.29, 1.82) is 0 Å². The van der Waals surface area contributed by atoms with Crippen LogP contribution in [0.5, 0.6) is 0 Å². The molecule has 1 aliphatic rings.